The van der Waals surface area contributed by atoms with Gasteiger partial charge in [-0.1, -0.05) is 24.6 Å². The molecule has 0 atom stereocenters. The molecule has 0 bridgehead atoms. The zero-order valence-electron chi connectivity index (χ0n) is 18.8. The van der Waals surface area contributed by atoms with Gasteiger partial charge in [-0.05, 0) is 61.2 Å². The average Bonchev–Trinajstić information content (AvgIpc) is 3.20. The molecule has 2 aromatic heterocycles. The molecule has 2 aromatic carbocycles. The van der Waals surface area contributed by atoms with E-state index in [1.165, 1.54) is 13.2 Å². The summed E-state index contributed by atoms with van der Waals surface area (Å²) < 4.78 is 46.7. The normalized spacial score (nSPS) is 11.1. The minimum atomic E-state index is -4.44. The van der Waals surface area contributed by atoms with Crippen LogP contribution in [0.15, 0.2) is 61.4 Å². The molecule has 0 saturated carbocycles. The number of nitrogens with one attached hydrogen (secondary N) is 1. The van der Waals surface area contributed by atoms with Crippen molar-refractivity contribution in [1.29, 1.82) is 0 Å². The molecule has 0 saturated heterocycles. The lowest BCUT2D eigenvalue weighted by Gasteiger charge is -2.19. The second-order valence-electron chi connectivity index (χ2n) is 7.66. The molecule has 0 spiro atoms. The third kappa shape index (κ3) is 4.46. The Kier molecular flexibility index (Phi) is 6.03. The number of aromatic nitrogens is 3. The maximum absolute atomic E-state index is 13.1. The molecule has 5 nitrogen and oxygen atoms in total. The van der Waals surface area contributed by atoms with Crippen LogP contribution in [0, 0.1) is 25.7 Å². The van der Waals surface area contributed by atoms with E-state index in [-0.39, 0.29) is 5.69 Å². The summed E-state index contributed by atoms with van der Waals surface area (Å²) >= 11 is 0. The maximum Gasteiger partial charge on any atom is 0.416 e. The first-order chi connectivity index (χ1) is 16.2. The highest BCUT2D eigenvalue weighted by Gasteiger charge is 2.30. The van der Waals surface area contributed by atoms with Crippen molar-refractivity contribution in [2.24, 2.45) is 0 Å². The number of methoxy groups -OCH3 is 1. The van der Waals surface area contributed by atoms with Crippen molar-refractivity contribution in [1.82, 2.24) is 14.6 Å². The van der Waals surface area contributed by atoms with Crippen molar-refractivity contribution < 1.29 is 17.9 Å². The molecule has 34 heavy (non-hydrogen) atoms. The number of halogens is 3. The highest BCUT2D eigenvalue weighted by Crippen LogP contribution is 2.36. The van der Waals surface area contributed by atoms with Gasteiger partial charge in [0, 0.05) is 23.1 Å². The van der Waals surface area contributed by atoms with E-state index in [2.05, 4.69) is 33.8 Å². The lowest BCUT2D eigenvalue weighted by molar-refractivity contribution is -0.137. The van der Waals surface area contributed by atoms with Crippen LogP contribution in [-0.4, -0.2) is 21.7 Å². The third-order valence-electron chi connectivity index (χ3n) is 5.26. The summed E-state index contributed by atoms with van der Waals surface area (Å²) in [7, 11) is 1.52. The molecule has 4 aromatic rings. The largest absolute Gasteiger partial charge is 0.495 e. The Bertz CT molecular complexity index is 1460. The summed E-state index contributed by atoms with van der Waals surface area (Å²) in [6, 6.07) is 10.5. The first-order valence-electron chi connectivity index (χ1n) is 10.3. The summed E-state index contributed by atoms with van der Waals surface area (Å²) in [4.78, 5) is 4.29. The Morgan fingerprint density at radius 1 is 1.09 bits per heavy atom. The van der Waals surface area contributed by atoms with E-state index >= 15 is 0 Å². The average molecular weight is 462 g/mol. The number of rotatable bonds is 4. The van der Waals surface area contributed by atoms with E-state index in [9.17, 15) is 13.2 Å². The minimum Gasteiger partial charge on any atom is -0.495 e. The molecule has 8 heteroatoms. The van der Waals surface area contributed by atoms with E-state index in [0.717, 1.165) is 23.3 Å². The van der Waals surface area contributed by atoms with Crippen LogP contribution >= 0.6 is 0 Å². The molecule has 172 valence electrons. The molecule has 0 unspecified atom stereocenters. The number of hydrogen-bond donors (Lipinski definition) is 1. The van der Waals surface area contributed by atoms with Crippen LogP contribution in [0.3, 0.4) is 0 Å². The number of anilines is 1. The fraction of sp³-hybridized carbons (Fsp3) is 0.154. The van der Waals surface area contributed by atoms with E-state index in [4.69, 9.17) is 4.74 Å². The van der Waals surface area contributed by atoms with Gasteiger partial charge >= 0.3 is 6.18 Å². The van der Waals surface area contributed by atoms with Crippen LogP contribution in [0.25, 0.3) is 11.3 Å². The molecule has 1 N–H and O–H groups in total. The lowest BCUT2D eigenvalue weighted by Crippen LogP contribution is -2.07. The topological polar surface area (TPSA) is 51.5 Å². The molecule has 2 heterocycles. The molecule has 0 aliphatic carbocycles. The van der Waals surface area contributed by atoms with Crippen molar-refractivity contribution in [2.45, 2.75) is 20.0 Å². The van der Waals surface area contributed by atoms with Crippen molar-refractivity contribution in [3.05, 3.63) is 94.9 Å². The molecule has 0 radical (unpaired) electrons. The van der Waals surface area contributed by atoms with E-state index < -0.39 is 11.7 Å². The lowest BCUT2D eigenvalue weighted by atomic mass is 9.96. The number of benzene rings is 2. The zero-order valence-corrected chi connectivity index (χ0v) is 18.8. The summed E-state index contributed by atoms with van der Waals surface area (Å²) in [6.45, 7) is 7.86. The summed E-state index contributed by atoms with van der Waals surface area (Å²) in [5.74, 6) is 6.72. The highest BCUT2D eigenvalue weighted by atomic mass is 19.4. The van der Waals surface area contributed by atoms with Gasteiger partial charge in [-0.15, -0.1) is 0 Å². The minimum absolute atomic E-state index is 0.270. The number of aryl methyl sites for hydroxylation is 2. The molecular weight excluding hydrogens is 441 g/mol. The first-order valence-corrected chi connectivity index (χ1v) is 10.3. The fourth-order valence-corrected chi connectivity index (χ4v) is 3.74. The van der Waals surface area contributed by atoms with Gasteiger partial charge in [-0.2, -0.15) is 18.3 Å². The van der Waals surface area contributed by atoms with Gasteiger partial charge in [0.15, 0.2) is 5.65 Å². The van der Waals surface area contributed by atoms with Gasteiger partial charge in [-0.25, -0.2) is 9.50 Å². The Labute approximate surface area is 194 Å². The SMILES string of the molecule is C=C(Nc1cccc(C(F)(F)F)c1)c1c(C)cc(C)c(C#Cc2cnc3cccnn23)c1OC. The number of hydrogen-bond acceptors (Lipinski definition) is 4. The summed E-state index contributed by atoms with van der Waals surface area (Å²) in [6.07, 6.45) is -1.15. The monoisotopic (exact) mass is 462 g/mol. The van der Waals surface area contributed by atoms with Crippen LogP contribution < -0.4 is 10.1 Å². The van der Waals surface area contributed by atoms with Gasteiger partial charge in [-0.3, -0.25) is 0 Å². The van der Waals surface area contributed by atoms with Crippen molar-refractivity contribution >= 4 is 17.0 Å². The van der Waals surface area contributed by atoms with E-state index in [1.807, 2.05) is 26.0 Å². The van der Waals surface area contributed by atoms with Crippen LogP contribution in [0.2, 0.25) is 0 Å². The Hall–Kier alpha value is -4.25. The van der Waals surface area contributed by atoms with E-state index in [1.54, 1.807) is 29.0 Å². The molecule has 4 rings (SSSR count). The maximum atomic E-state index is 13.1. The van der Waals surface area contributed by atoms with Crippen molar-refractivity contribution in [3.8, 4) is 17.6 Å². The first kappa shape index (κ1) is 22.9. The van der Waals surface area contributed by atoms with Crippen LogP contribution in [0.1, 0.15) is 33.5 Å². The number of alkyl halides is 3. The molecule has 0 aliphatic heterocycles. The molecule has 0 aliphatic rings. The van der Waals surface area contributed by atoms with Crippen LogP contribution in [-0.2, 0) is 6.18 Å². The Morgan fingerprint density at radius 3 is 2.62 bits per heavy atom. The van der Waals surface area contributed by atoms with Crippen LogP contribution in [0.5, 0.6) is 5.75 Å². The quantitative estimate of drug-likeness (QED) is 0.386. The smallest absolute Gasteiger partial charge is 0.416 e. The number of nitrogens with zero attached hydrogens (tertiary/aromatic N) is 3. The van der Waals surface area contributed by atoms with Gasteiger partial charge in [0.1, 0.15) is 11.4 Å². The predicted octanol–water partition coefficient (Wildman–Crippen LogP) is 5.86. The van der Waals surface area contributed by atoms with Crippen LogP contribution in [0.4, 0.5) is 18.9 Å². The highest BCUT2D eigenvalue weighted by molar-refractivity contribution is 5.82. The fourth-order valence-electron chi connectivity index (χ4n) is 3.74. The molecule has 0 amide bonds. The summed E-state index contributed by atoms with van der Waals surface area (Å²) in [5, 5.41) is 7.25. The van der Waals surface area contributed by atoms with E-state index in [0.29, 0.717) is 33.9 Å². The van der Waals surface area contributed by atoms with Crippen molar-refractivity contribution in [2.75, 3.05) is 12.4 Å². The number of imidazole rings is 1. The van der Waals surface area contributed by atoms with Gasteiger partial charge < -0.3 is 10.1 Å². The standard InChI is InChI=1S/C26H21F3N4O/c1-16-13-17(2)24(18(3)32-20-8-5-7-19(14-20)26(27,28)29)25(34-4)22(16)11-10-21-15-30-23-9-6-12-31-33(21)23/h5-9,12-15,32H,3H2,1-2,4H3. The Morgan fingerprint density at radius 2 is 1.88 bits per heavy atom. The second-order valence-corrected chi connectivity index (χ2v) is 7.66. The Balaban J connectivity index is 1.74. The summed E-state index contributed by atoms with van der Waals surface area (Å²) in [5.41, 5.74) is 4.22. The molecule has 0 fully saturated rings. The van der Waals surface area contributed by atoms with Gasteiger partial charge in [0.05, 0.1) is 24.4 Å². The van der Waals surface area contributed by atoms with Gasteiger partial charge in [0.25, 0.3) is 0 Å². The number of fused-ring (bicyclic) bond motifs is 1. The third-order valence-corrected chi connectivity index (χ3v) is 5.26. The zero-order chi connectivity index (χ0) is 24.5. The predicted molar refractivity (Wildman–Crippen MR) is 126 cm³/mol. The molecular formula is C26H21F3N4O. The van der Waals surface area contributed by atoms with Crippen molar-refractivity contribution in [3.63, 3.8) is 0 Å². The van der Waals surface area contributed by atoms with Gasteiger partial charge in [0.2, 0.25) is 0 Å². The number of ether oxygens (including phenoxy) is 1. The second kappa shape index (κ2) is 8.94.